The molecule has 1 heterocycles. The molecule has 2 aliphatic carbocycles. The maximum Gasteiger partial charge on any atom is 0.251 e. The van der Waals surface area contributed by atoms with Crippen molar-refractivity contribution in [2.75, 3.05) is 0 Å². The van der Waals surface area contributed by atoms with E-state index >= 15 is 0 Å². The monoisotopic (exact) mass is 401 g/mol. The van der Waals surface area contributed by atoms with Crippen LogP contribution in [-0.2, 0) is 24.1 Å². The normalized spacial score (nSPS) is 16.7. The van der Waals surface area contributed by atoms with Gasteiger partial charge in [-0.2, -0.15) is 0 Å². The number of aromatic nitrogens is 1. The number of amides is 2. The van der Waals surface area contributed by atoms with Crippen LogP contribution in [0.5, 0.6) is 0 Å². The molecule has 5 nitrogen and oxygen atoms in total. The van der Waals surface area contributed by atoms with E-state index in [-0.39, 0.29) is 17.9 Å². The predicted molar refractivity (Wildman–Crippen MR) is 118 cm³/mol. The zero-order valence-corrected chi connectivity index (χ0v) is 17.0. The van der Waals surface area contributed by atoms with Gasteiger partial charge in [0.1, 0.15) is 6.04 Å². The highest BCUT2D eigenvalue weighted by atomic mass is 16.2. The van der Waals surface area contributed by atoms with Crippen molar-refractivity contribution >= 4 is 22.7 Å². The van der Waals surface area contributed by atoms with E-state index in [4.69, 9.17) is 0 Å². The lowest BCUT2D eigenvalue weighted by molar-refractivity contribution is -0.123. The Morgan fingerprint density at radius 1 is 1.03 bits per heavy atom. The molecular weight excluding hydrogens is 374 g/mol. The first-order valence-corrected chi connectivity index (χ1v) is 11.0. The fourth-order valence-corrected chi connectivity index (χ4v) is 4.38. The van der Waals surface area contributed by atoms with E-state index in [9.17, 15) is 9.59 Å². The topological polar surface area (TPSA) is 74.0 Å². The highest BCUT2D eigenvalue weighted by Crippen LogP contribution is 2.29. The Balaban J connectivity index is 1.38. The largest absolute Gasteiger partial charge is 0.358 e. The van der Waals surface area contributed by atoms with Crippen LogP contribution in [0.1, 0.15) is 52.9 Å². The molecule has 2 aliphatic rings. The van der Waals surface area contributed by atoms with Crippen LogP contribution in [0.4, 0.5) is 0 Å². The molecule has 5 heteroatoms. The van der Waals surface area contributed by atoms with Crippen LogP contribution in [0.3, 0.4) is 0 Å². The number of hydrogen-bond acceptors (Lipinski definition) is 2. The van der Waals surface area contributed by atoms with Crippen molar-refractivity contribution in [1.82, 2.24) is 15.6 Å². The maximum absolute atomic E-state index is 13.1. The second kappa shape index (κ2) is 7.98. The van der Waals surface area contributed by atoms with E-state index in [1.165, 1.54) is 24.1 Å². The van der Waals surface area contributed by atoms with Crippen molar-refractivity contribution in [2.45, 2.75) is 57.0 Å². The lowest BCUT2D eigenvalue weighted by Gasteiger charge is -2.19. The first-order valence-electron chi connectivity index (χ1n) is 11.0. The zero-order chi connectivity index (χ0) is 20.5. The minimum absolute atomic E-state index is 0.102. The van der Waals surface area contributed by atoms with Gasteiger partial charge in [-0.3, -0.25) is 9.59 Å². The first-order chi connectivity index (χ1) is 14.7. The summed E-state index contributed by atoms with van der Waals surface area (Å²) in [6.45, 7) is 0. The Morgan fingerprint density at radius 2 is 1.83 bits per heavy atom. The van der Waals surface area contributed by atoms with Crippen LogP contribution in [0.15, 0.2) is 48.5 Å². The molecule has 0 bridgehead atoms. The lowest BCUT2D eigenvalue weighted by atomic mass is 9.95. The molecular formula is C25H27N3O2. The summed E-state index contributed by atoms with van der Waals surface area (Å²) in [7, 11) is 0. The van der Waals surface area contributed by atoms with Crippen LogP contribution in [0.2, 0.25) is 0 Å². The molecule has 0 aliphatic heterocycles. The Hall–Kier alpha value is -3.08. The number of H-pyrrole nitrogens is 1. The van der Waals surface area contributed by atoms with E-state index in [2.05, 4.69) is 15.6 Å². The van der Waals surface area contributed by atoms with Crippen molar-refractivity contribution in [3.63, 3.8) is 0 Å². The van der Waals surface area contributed by atoms with E-state index < -0.39 is 6.04 Å². The Morgan fingerprint density at radius 3 is 2.63 bits per heavy atom. The van der Waals surface area contributed by atoms with E-state index in [0.29, 0.717) is 12.0 Å². The minimum Gasteiger partial charge on any atom is -0.358 e. The van der Waals surface area contributed by atoms with Crippen LogP contribution in [0, 0.1) is 0 Å². The number of aromatic amines is 1. The zero-order valence-electron chi connectivity index (χ0n) is 17.0. The SMILES string of the molecule is O=C(NC(Cc1ccccc1)C(=O)NC1CC1)c1ccc2[nH]c3c(c2c1)CCCC3. The second-order valence-corrected chi connectivity index (χ2v) is 8.55. The van der Waals surface area contributed by atoms with E-state index in [0.717, 1.165) is 42.1 Å². The molecule has 3 N–H and O–H groups in total. The van der Waals surface area contributed by atoms with Crippen LogP contribution in [-0.4, -0.2) is 28.9 Å². The molecule has 1 saturated carbocycles. The summed E-state index contributed by atoms with van der Waals surface area (Å²) in [5, 5.41) is 7.17. The van der Waals surface area contributed by atoms with Crippen molar-refractivity contribution in [3.05, 3.63) is 70.9 Å². The Kier molecular flexibility index (Phi) is 5.03. The van der Waals surface area contributed by atoms with Gasteiger partial charge in [0.25, 0.3) is 5.91 Å². The fraction of sp³-hybridized carbons (Fsp3) is 0.360. The number of rotatable bonds is 6. The molecule has 30 heavy (non-hydrogen) atoms. The molecule has 3 aromatic rings. The summed E-state index contributed by atoms with van der Waals surface area (Å²) in [5.74, 6) is -0.302. The molecule has 1 fully saturated rings. The predicted octanol–water partition coefficient (Wildman–Crippen LogP) is 3.67. The molecule has 2 amide bonds. The quantitative estimate of drug-likeness (QED) is 0.590. The third kappa shape index (κ3) is 3.97. The minimum atomic E-state index is -0.587. The molecule has 1 unspecified atom stereocenters. The number of carbonyl (C=O) groups excluding carboxylic acids is 2. The molecule has 1 atom stereocenters. The molecule has 2 aromatic carbocycles. The molecule has 154 valence electrons. The van der Waals surface area contributed by atoms with E-state index in [1.54, 1.807) is 0 Å². The molecule has 0 saturated heterocycles. The number of aryl methyl sites for hydroxylation is 2. The molecule has 0 radical (unpaired) electrons. The number of nitrogens with one attached hydrogen (secondary N) is 3. The number of fused-ring (bicyclic) bond motifs is 3. The molecule has 5 rings (SSSR count). The third-order valence-corrected chi connectivity index (χ3v) is 6.19. The van der Waals surface area contributed by atoms with Gasteiger partial charge in [-0.15, -0.1) is 0 Å². The number of carbonyl (C=O) groups is 2. The maximum atomic E-state index is 13.1. The average Bonchev–Trinajstić information content (AvgIpc) is 3.51. The van der Waals surface area contributed by atoms with E-state index in [1.807, 2.05) is 48.5 Å². The van der Waals surface area contributed by atoms with Gasteiger partial charge in [0.15, 0.2) is 0 Å². The molecule has 0 spiro atoms. The third-order valence-electron chi connectivity index (χ3n) is 6.19. The van der Waals surface area contributed by atoms with Gasteiger partial charge in [-0.05, 0) is 67.9 Å². The second-order valence-electron chi connectivity index (χ2n) is 8.55. The Bertz CT molecular complexity index is 1080. The van der Waals surface area contributed by atoms with Crippen molar-refractivity contribution in [2.24, 2.45) is 0 Å². The van der Waals surface area contributed by atoms with Crippen LogP contribution in [0.25, 0.3) is 10.9 Å². The first kappa shape index (κ1) is 18.9. The Labute approximate surface area is 176 Å². The summed E-state index contributed by atoms with van der Waals surface area (Å²) in [4.78, 5) is 29.4. The van der Waals surface area contributed by atoms with Crippen molar-refractivity contribution in [3.8, 4) is 0 Å². The van der Waals surface area contributed by atoms with Crippen molar-refractivity contribution in [1.29, 1.82) is 0 Å². The van der Waals surface area contributed by atoms with Crippen LogP contribution >= 0.6 is 0 Å². The summed E-state index contributed by atoms with van der Waals surface area (Å²) >= 11 is 0. The fourth-order valence-electron chi connectivity index (χ4n) is 4.38. The number of benzene rings is 2. The number of hydrogen-bond donors (Lipinski definition) is 3. The van der Waals surface area contributed by atoms with Gasteiger partial charge in [0.05, 0.1) is 0 Å². The van der Waals surface area contributed by atoms with Gasteiger partial charge >= 0.3 is 0 Å². The van der Waals surface area contributed by atoms with Gasteiger partial charge in [0.2, 0.25) is 5.91 Å². The smallest absolute Gasteiger partial charge is 0.251 e. The van der Waals surface area contributed by atoms with Gasteiger partial charge in [-0.25, -0.2) is 0 Å². The standard InChI is InChI=1S/C25H27N3O2/c29-24(17-10-13-22-20(15-17)19-8-4-5-9-21(19)27-22)28-23(25(30)26-18-11-12-18)14-16-6-2-1-3-7-16/h1-3,6-7,10,13,15,18,23,27H,4-5,8-9,11-12,14H2,(H,26,30)(H,28,29). The summed E-state index contributed by atoms with van der Waals surface area (Å²) in [6, 6.07) is 15.3. The summed E-state index contributed by atoms with van der Waals surface area (Å²) in [6.07, 6.45) is 7.06. The van der Waals surface area contributed by atoms with Gasteiger partial charge in [-0.1, -0.05) is 30.3 Å². The van der Waals surface area contributed by atoms with Gasteiger partial charge < -0.3 is 15.6 Å². The summed E-state index contributed by atoms with van der Waals surface area (Å²) < 4.78 is 0. The average molecular weight is 402 g/mol. The summed E-state index contributed by atoms with van der Waals surface area (Å²) in [5.41, 5.74) is 5.37. The lowest BCUT2D eigenvalue weighted by Crippen LogP contribution is -2.48. The van der Waals surface area contributed by atoms with Crippen LogP contribution < -0.4 is 10.6 Å². The highest BCUT2D eigenvalue weighted by Gasteiger charge is 2.29. The highest BCUT2D eigenvalue weighted by molar-refractivity contribution is 6.01. The van der Waals surface area contributed by atoms with Gasteiger partial charge in [0, 0.05) is 34.6 Å². The van der Waals surface area contributed by atoms with Crippen molar-refractivity contribution < 1.29 is 9.59 Å². The molecule has 1 aromatic heterocycles.